The molecule has 1 aromatic carbocycles. The van der Waals surface area contributed by atoms with Gasteiger partial charge in [-0.15, -0.1) is 0 Å². The first kappa shape index (κ1) is 22.3. The first-order valence-electron chi connectivity index (χ1n) is 12.4. The summed E-state index contributed by atoms with van der Waals surface area (Å²) in [4.78, 5) is 14.5. The number of benzene rings is 1. The first-order chi connectivity index (χ1) is 16.2. The maximum atomic E-state index is 5.70. The van der Waals surface area contributed by atoms with Crippen LogP contribution < -0.4 is 20.4 Å². The van der Waals surface area contributed by atoms with E-state index in [4.69, 9.17) is 26.9 Å². The molecule has 2 N–H and O–H groups in total. The first-order valence-corrected chi connectivity index (χ1v) is 12.8. The molecule has 2 fully saturated rings. The minimum Gasteiger partial charge on any atom is -0.376 e. The van der Waals surface area contributed by atoms with E-state index in [0.717, 1.165) is 63.7 Å². The van der Waals surface area contributed by atoms with Crippen molar-refractivity contribution in [1.29, 1.82) is 0 Å². The topological polar surface area (TPSA) is 65.6 Å². The van der Waals surface area contributed by atoms with E-state index in [-0.39, 0.29) is 6.10 Å². The number of nitrogens with zero attached hydrogens (tertiary/aromatic N) is 4. The highest BCUT2D eigenvalue weighted by atomic mass is 32.1. The van der Waals surface area contributed by atoms with E-state index in [1.807, 2.05) is 0 Å². The van der Waals surface area contributed by atoms with Crippen molar-refractivity contribution in [3.8, 4) is 0 Å². The van der Waals surface area contributed by atoms with Crippen molar-refractivity contribution in [3.05, 3.63) is 41.5 Å². The Morgan fingerprint density at radius 2 is 1.73 bits per heavy atom. The van der Waals surface area contributed by atoms with Crippen LogP contribution in [0.25, 0.3) is 0 Å². The van der Waals surface area contributed by atoms with Gasteiger partial charge < -0.3 is 25.2 Å². The van der Waals surface area contributed by atoms with Crippen LogP contribution in [0, 0.1) is 0 Å². The molecule has 1 aromatic heterocycles. The standard InChI is InChI=1S/C25H34N6OS/c33-25(26-17-21-10-7-15-32-21)29-24-27-22(30-12-5-1-2-6-13-30)16-23(28-24)31-14-11-19-8-3-4-9-20(19)18-31/h3-4,8-9,16,21H,1-2,5-7,10-15,17-18H2,(H2,26,27,28,29,33)/t21-/m1/s1. The predicted octanol–water partition coefficient (Wildman–Crippen LogP) is 3.89. The Morgan fingerprint density at radius 1 is 0.970 bits per heavy atom. The number of hydrogen-bond acceptors (Lipinski definition) is 6. The van der Waals surface area contributed by atoms with Crippen LogP contribution in [0.15, 0.2) is 30.3 Å². The molecule has 3 aliphatic heterocycles. The van der Waals surface area contributed by atoms with Crippen molar-refractivity contribution in [3.63, 3.8) is 0 Å². The van der Waals surface area contributed by atoms with Gasteiger partial charge >= 0.3 is 0 Å². The second-order valence-electron chi connectivity index (χ2n) is 9.22. The summed E-state index contributed by atoms with van der Waals surface area (Å²) in [6.07, 6.45) is 8.47. The molecule has 4 heterocycles. The average Bonchev–Trinajstić information content (AvgIpc) is 3.22. The number of aromatic nitrogens is 2. The van der Waals surface area contributed by atoms with Gasteiger partial charge in [0.25, 0.3) is 0 Å². The molecule has 176 valence electrons. The van der Waals surface area contributed by atoms with Gasteiger partial charge in [0.05, 0.1) is 6.10 Å². The molecule has 0 spiro atoms. The number of fused-ring (bicyclic) bond motifs is 1. The van der Waals surface area contributed by atoms with Crippen molar-refractivity contribution in [1.82, 2.24) is 15.3 Å². The Kier molecular flexibility index (Phi) is 7.21. The van der Waals surface area contributed by atoms with Crippen molar-refractivity contribution >= 4 is 34.9 Å². The van der Waals surface area contributed by atoms with Crippen molar-refractivity contribution in [2.75, 3.05) is 47.9 Å². The van der Waals surface area contributed by atoms with Gasteiger partial charge in [0.15, 0.2) is 5.11 Å². The second-order valence-corrected chi connectivity index (χ2v) is 9.63. The summed E-state index contributed by atoms with van der Waals surface area (Å²) in [6, 6.07) is 10.9. The molecule has 0 aliphatic carbocycles. The number of hydrogen-bond donors (Lipinski definition) is 2. The lowest BCUT2D eigenvalue weighted by molar-refractivity contribution is 0.114. The van der Waals surface area contributed by atoms with E-state index in [0.29, 0.717) is 17.6 Å². The number of thiocarbonyl (C=S) groups is 1. The smallest absolute Gasteiger partial charge is 0.232 e. The minimum atomic E-state index is 0.234. The number of rotatable bonds is 5. The van der Waals surface area contributed by atoms with Gasteiger partial charge in [0.1, 0.15) is 11.6 Å². The summed E-state index contributed by atoms with van der Waals surface area (Å²) < 4.78 is 5.70. The summed E-state index contributed by atoms with van der Waals surface area (Å²) in [5.41, 5.74) is 2.82. The van der Waals surface area contributed by atoms with Crippen molar-refractivity contribution in [2.45, 2.75) is 57.6 Å². The highest BCUT2D eigenvalue weighted by Gasteiger charge is 2.21. The van der Waals surface area contributed by atoms with Crippen LogP contribution in [0.2, 0.25) is 0 Å². The van der Waals surface area contributed by atoms with Crippen LogP contribution in [-0.2, 0) is 17.7 Å². The molecule has 8 heteroatoms. The lowest BCUT2D eigenvalue weighted by atomic mass is 10.00. The number of ether oxygens (including phenoxy) is 1. The molecule has 5 rings (SSSR count). The highest BCUT2D eigenvalue weighted by Crippen LogP contribution is 2.28. The van der Waals surface area contributed by atoms with Crippen molar-refractivity contribution < 1.29 is 4.74 Å². The molecule has 33 heavy (non-hydrogen) atoms. The summed E-state index contributed by atoms with van der Waals surface area (Å²) in [7, 11) is 0. The molecule has 2 saturated heterocycles. The van der Waals surface area contributed by atoms with Crippen molar-refractivity contribution in [2.24, 2.45) is 0 Å². The second kappa shape index (κ2) is 10.7. The van der Waals surface area contributed by atoms with E-state index < -0.39 is 0 Å². The molecule has 0 bridgehead atoms. The number of nitrogens with one attached hydrogen (secondary N) is 2. The van der Waals surface area contributed by atoms with E-state index in [1.165, 1.54) is 36.8 Å². The third kappa shape index (κ3) is 5.73. The van der Waals surface area contributed by atoms with Gasteiger partial charge in [-0.25, -0.2) is 0 Å². The monoisotopic (exact) mass is 466 g/mol. The van der Waals surface area contributed by atoms with Gasteiger partial charge in [-0.2, -0.15) is 9.97 Å². The highest BCUT2D eigenvalue weighted by molar-refractivity contribution is 7.80. The summed E-state index contributed by atoms with van der Waals surface area (Å²) >= 11 is 5.56. The molecule has 3 aliphatic rings. The van der Waals surface area contributed by atoms with Gasteiger partial charge in [0.2, 0.25) is 5.95 Å². The Morgan fingerprint density at radius 3 is 2.48 bits per heavy atom. The lowest BCUT2D eigenvalue weighted by Gasteiger charge is -2.31. The third-order valence-corrected chi connectivity index (χ3v) is 7.07. The molecule has 7 nitrogen and oxygen atoms in total. The predicted molar refractivity (Wildman–Crippen MR) is 137 cm³/mol. The Hall–Kier alpha value is -2.45. The average molecular weight is 467 g/mol. The van der Waals surface area contributed by atoms with Crippen LogP contribution in [0.3, 0.4) is 0 Å². The largest absolute Gasteiger partial charge is 0.376 e. The molecular weight excluding hydrogens is 432 g/mol. The Bertz CT molecular complexity index is 956. The summed E-state index contributed by atoms with van der Waals surface area (Å²) in [5.74, 6) is 2.52. The maximum Gasteiger partial charge on any atom is 0.232 e. The quantitative estimate of drug-likeness (QED) is 0.644. The van der Waals surface area contributed by atoms with E-state index in [2.05, 4.69) is 50.8 Å². The molecule has 0 unspecified atom stereocenters. The van der Waals surface area contributed by atoms with Crippen LogP contribution in [0.4, 0.5) is 17.6 Å². The van der Waals surface area contributed by atoms with Crippen LogP contribution in [-0.4, -0.2) is 54.0 Å². The SMILES string of the molecule is S=C(NC[C@H]1CCCO1)Nc1nc(N2CCCCCC2)cc(N2CCc3ccccc3C2)n1. The van der Waals surface area contributed by atoms with Crippen LogP contribution >= 0.6 is 12.2 Å². The zero-order chi connectivity index (χ0) is 22.5. The van der Waals surface area contributed by atoms with E-state index in [9.17, 15) is 0 Å². The Labute approximate surface area is 201 Å². The molecule has 1 atom stereocenters. The number of anilines is 3. The molecule has 0 amide bonds. The van der Waals surface area contributed by atoms with Gasteiger partial charge in [-0.3, -0.25) is 0 Å². The fourth-order valence-corrected chi connectivity index (χ4v) is 5.13. The third-order valence-electron chi connectivity index (χ3n) is 6.82. The minimum absolute atomic E-state index is 0.234. The lowest BCUT2D eigenvalue weighted by Crippen LogP contribution is -2.36. The van der Waals surface area contributed by atoms with E-state index >= 15 is 0 Å². The molecule has 0 saturated carbocycles. The van der Waals surface area contributed by atoms with Gasteiger partial charge in [-0.05, 0) is 55.4 Å². The van der Waals surface area contributed by atoms with Crippen LogP contribution in [0.1, 0.15) is 49.7 Å². The molecular formula is C25H34N6OS. The van der Waals surface area contributed by atoms with Crippen LogP contribution in [0.5, 0.6) is 0 Å². The zero-order valence-electron chi connectivity index (χ0n) is 19.3. The normalized spacial score (nSPS) is 20.8. The van der Waals surface area contributed by atoms with E-state index in [1.54, 1.807) is 0 Å². The summed E-state index contributed by atoms with van der Waals surface area (Å²) in [6.45, 7) is 5.46. The summed E-state index contributed by atoms with van der Waals surface area (Å²) in [5, 5.41) is 7.08. The molecule has 2 aromatic rings. The van der Waals surface area contributed by atoms with Gasteiger partial charge in [-0.1, -0.05) is 37.1 Å². The maximum absolute atomic E-state index is 5.70. The fraction of sp³-hybridized carbons (Fsp3) is 0.560. The molecule has 0 radical (unpaired) electrons. The van der Waals surface area contributed by atoms with Gasteiger partial charge in [0, 0.05) is 45.4 Å². The Balaban J connectivity index is 1.35. The zero-order valence-corrected chi connectivity index (χ0v) is 20.1. The fourth-order valence-electron chi connectivity index (χ4n) is 4.95.